The number of nitrogens with one attached hydrogen (secondary N) is 1. The maximum Gasteiger partial charge on any atom is 0.255 e. The topological polar surface area (TPSA) is 49.3 Å². The molecule has 2 aromatic carbocycles. The molecular weight excluding hydrogens is 269 g/mol. The Hall–Kier alpha value is -2.64. The predicted octanol–water partition coefficient (Wildman–Crippen LogP) is 2.81. The van der Waals surface area contributed by atoms with Crippen LogP contribution in [0.2, 0.25) is 0 Å². The van der Waals surface area contributed by atoms with Gasteiger partial charge in [-0.05, 0) is 30.3 Å². The molecule has 0 heterocycles. The van der Waals surface area contributed by atoms with E-state index < -0.39 is 5.82 Å². The number of aliphatic hydroxyl groups excluding tert-OH is 1. The van der Waals surface area contributed by atoms with Crippen molar-refractivity contribution >= 4 is 11.6 Å². The quantitative estimate of drug-likeness (QED) is 0.851. The fourth-order valence-electron chi connectivity index (χ4n) is 1.70. The maximum absolute atomic E-state index is 13.9. The highest BCUT2D eigenvalue weighted by Gasteiger charge is 2.08. The van der Waals surface area contributed by atoms with Gasteiger partial charge < -0.3 is 10.4 Å². The van der Waals surface area contributed by atoms with Crippen LogP contribution in [0.15, 0.2) is 48.5 Å². The van der Waals surface area contributed by atoms with Crippen LogP contribution in [0.1, 0.15) is 22.3 Å². The summed E-state index contributed by atoms with van der Waals surface area (Å²) in [5, 5.41) is 11.1. The van der Waals surface area contributed by atoms with Gasteiger partial charge in [0.25, 0.3) is 5.91 Å². The normalized spacial score (nSPS) is 9.62. The second-order valence-corrected chi connectivity index (χ2v) is 4.29. The Morgan fingerprint density at radius 1 is 1.19 bits per heavy atom. The Labute approximate surface area is 122 Å². The molecule has 0 saturated heterocycles. The number of aliphatic hydroxyl groups is 1. The molecule has 0 aromatic heterocycles. The van der Waals surface area contributed by atoms with Crippen molar-refractivity contribution in [3.05, 3.63) is 65.5 Å². The molecule has 0 bridgehead atoms. The van der Waals surface area contributed by atoms with Crippen molar-refractivity contribution < 1.29 is 14.3 Å². The van der Waals surface area contributed by atoms with Crippen LogP contribution in [-0.2, 0) is 0 Å². The van der Waals surface area contributed by atoms with Gasteiger partial charge in [0.05, 0.1) is 12.3 Å². The van der Waals surface area contributed by atoms with Crippen molar-refractivity contribution in [2.75, 3.05) is 11.9 Å². The van der Waals surface area contributed by atoms with E-state index in [-0.39, 0.29) is 18.2 Å². The summed E-state index contributed by atoms with van der Waals surface area (Å²) in [7, 11) is 0. The third-order valence-electron chi connectivity index (χ3n) is 2.72. The Morgan fingerprint density at radius 2 is 1.95 bits per heavy atom. The van der Waals surface area contributed by atoms with E-state index in [1.807, 2.05) is 0 Å². The molecule has 106 valence electrons. The fraction of sp³-hybridized carbons (Fsp3) is 0.118. The molecule has 3 nitrogen and oxygen atoms in total. The van der Waals surface area contributed by atoms with Crippen molar-refractivity contribution in [3.63, 3.8) is 0 Å². The van der Waals surface area contributed by atoms with Gasteiger partial charge in [0, 0.05) is 17.5 Å². The lowest BCUT2D eigenvalue weighted by Gasteiger charge is -2.06. The Bertz CT molecular complexity index is 687. The minimum absolute atomic E-state index is 0.0271. The first-order valence-electron chi connectivity index (χ1n) is 6.46. The number of amides is 1. The molecule has 0 spiro atoms. The number of benzene rings is 2. The molecule has 0 fully saturated rings. The third-order valence-corrected chi connectivity index (χ3v) is 2.72. The Morgan fingerprint density at radius 3 is 2.62 bits per heavy atom. The second kappa shape index (κ2) is 7.22. The van der Waals surface area contributed by atoms with Crippen LogP contribution in [0.5, 0.6) is 0 Å². The van der Waals surface area contributed by atoms with Crippen molar-refractivity contribution in [1.82, 2.24) is 0 Å². The maximum atomic E-state index is 13.9. The number of carbonyl (C=O) groups excluding carboxylic acids is 1. The average molecular weight is 283 g/mol. The van der Waals surface area contributed by atoms with E-state index in [0.29, 0.717) is 17.5 Å². The standard InChI is InChI=1S/C17H14FNO2/c18-15-12-13(6-4-5-11-20)9-10-16(15)19-17(21)14-7-2-1-3-8-14/h1-3,7-10,12,20H,5,11H2,(H,19,21). The van der Waals surface area contributed by atoms with E-state index in [1.165, 1.54) is 12.1 Å². The van der Waals surface area contributed by atoms with Crippen LogP contribution in [-0.4, -0.2) is 17.6 Å². The lowest BCUT2D eigenvalue weighted by molar-refractivity contribution is 0.102. The van der Waals surface area contributed by atoms with Gasteiger partial charge in [-0.2, -0.15) is 0 Å². The van der Waals surface area contributed by atoms with E-state index in [0.717, 1.165) is 0 Å². The zero-order valence-corrected chi connectivity index (χ0v) is 11.3. The summed E-state index contributed by atoms with van der Waals surface area (Å²) >= 11 is 0. The van der Waals surface area contributed by atoms with Crippen molar-refractivity contribution in [3.8, 4) is 11.8 Å². The van der Waals surface area contributed by atoms with Gasteiger partial charge in [-0.25, -0.2) is 4.39 Å². The number of halogens is 1. The van der Waals surface area contributed by atoms with Crippen molar-refractivity contribution in [2.45, 2.75) is 6.42 Å². The van der Waals surface area contributed by atoms with Gasteiger partial charge in [-0.3, -0.25) is 4.79 Å². The number of anilines is 1. The minimum Gasteiger partial charge on any atom is -0.395 e. The largest absolute Gasteiger partial charge is 0.395 e. The molecule has 0 saturated carbocycles. The van der Waals surface area contributed by atoms with Gasteiger partial charge >= 0.3 is 0 Å². The van der Waals surface area contributed by atoms with Crippen molar-refractivity contribution in [1.29, 1.82) is 0 Å². The number of carbonyl (C=O) groups is 1. The summed E-state index contributed by atoms with van der Waals surface area (Å²) in [6, 6.07) is 12.9. The smallest absolute Gasteiger partial charge is 0.255 e. The Balaban J connectivity index is 2.12. The van der Waals surface area contributed by atoms with Gasteiger partial charge in [0.2, 0.25) is 0 Å². The molecule has 2 N–H and O–H groups in total. The molecule has 21 heavy (non-hydrogen) atoms. The number of rotatable bonds is 3. The molecule has 2 rings (SSSR count). The summed E-state index contributed by atoms with van der Waals surface area (Å²) in [5.74, 6) is 4.53. The van der Waals surface area contributed by atoms with E-state index >= 15 is 0 Å². The van der Waals surface area contributed by atoms with Crippen LogP contribution in [0.4, 0.5) is 10.1 Å². The zero-order chi connectivity index (χ0) is 15.1. The molecule has 0 radical (unpaired) electrons. The zero-order valence-electron chi connectivity index (χ0n) is 11.3. The van der Waals surface area contributed by atoms with Crippen LogP contribution in [0, 0.1) is 17.7 Å². The molecule has 0 aliphatic heterocycles. The minimum atomic E-state index is -0.546. The van der Waals surface area contributed by atoms with Crippen LogP contribution >= 0.6 is 0 Å². The van der Waals surface area contributed by atoms with Crippen LogP contribution in [0.25, 0.3) is 0 Å². The molecule has 0 aliphatic rings. The van der Waals surface area contributed by atoms with E-state index in [2.05, 4.69) is 17.2 Å². The van der Waals surface area contributed by atoms with Gasteiger partial charge in [-0.1, -0.05) is 30.0 Å². The molecule has 0 atom stereocenters. The lowest BCUT2D eigenvalue weighted by Crippen LogP contribution is -2.12. The van der Waals surface area contributed by atoms with E-state index in [4.69, 9.17) is 5.11 Å². The molecule has 2 aromatic rings. The van der Waals surface area contributed by atoms with Crippen LogP contribution < -0.4 is 5.32 Å². The monoisotopic (exact) mass is 283 g/mol. The summed E-state index contributed by atoms with van der Waals surface area (Å²) < 4.78 is 13.9. The summed E-state index contributed by atoms with van der Waals surface area (Å²) in [6.45, 7) is -0.0271. The fourth-order valence-corrected chi connectivity index (χ4v) is 1.70. The van der Waals surface area contributed by atoms with Gasteiger partial charge in [0.1, 0.15) is 5.82 Å². The molecular formula is C17H14FNO2. The molecule has 0 aliphatic carbocycles. The van der Waals surface area contributed by atoms with Gasteiger partial charge in [-0.15, -0.1) is 0 Å². The average Bonchev–Trinajstić information content (AvgIpc) is 2.51. The highest BCUT2D eigenvalue weighted by atomic mass is 19.1. The highest BCUT2D eigenvalue weighted by molar-refractivity contribution is 6.04. The number of hydrogen-bond donors (Lipinski definition) is 2. The number of hydrogen-bond acceptors (Lipinski definition) is 2. The van der Waals surface area contributed by atoms with E-state index in [9.17, 15) is 9.18 Å². The predicted molar refractivity (Wildman–Crippen MR) is 79.4 cm³/mol. The first-order valence-corrected chi connectivity index (χ1v) is 6.46. The summed E-state index contributed by atoms with van der Waals surface area (Å²) in [6.07, 6.45) is 0.341. The molecule has 4 heteroatoms. The SMILES string of the molecule is O=C(Nc1ccc(C#CCCO)cc1F)c1ccccc1. The first-order chi connectivity index (χ1) is 10.2. The summed E-state index contributed by atoms with van der Waals surface area (Å²) in [5.41, 5.74) is 1.07. The first kappa shape index (κ1) is 14.8. The van der Waals surface area contributed by atoms with Gasteiger partial charge in [0.15, 0.2) is 0 Å². The highest BCUT2D eigenvalue weighted by Crippen LogP contribution is 2.16. The Kier molecular flexibility index (Phi) is 5.08. The molecule has 1 amide bonds. The summed E-state index contributed by atoms with van der Waals surface area (Å²) in [4.78, 5) is 11.9. The van der Waals surface area contributed by atoms with Crippen molar-refractivity contribution in [2.24, 2.45) is 0 Å². The van der Waals surface area contributed by atoms with E-state index in [1.54, 1.807) is 36.4 Å². The third kappa shape index (κ3) is 4.16. The second-order valence-electron chi connectivity index (χ2n) is 4.29. The van der Waals surface area contributed by atoms with Crippen LogP contribution in [0.3, 0.4) is 0 Å². The lowest BCUT2D eigenvalue weighted by atomic mass is 10.1. The molecule has 0 unspecified atom stereocenters.